The van der Waals surface area contributed by atoms with Crippen LogP contribution in [0.2, 0.25) is 0 Å². The van der Waals surface area contributed by atoms with E-state index in [4.69, 9.17) is 10.8 Å². The lowest BCUT2D eigenvalue weighted by Gasteiger charge is -2.22. The van der Waals surface area contributed by atoms with Crippen LogP contribution in [0.25, 0.3) is 0 Å². The Bertz CT molecular complexity index is 479. The molecule has 0 fully saturated rings. The van der Waals surface area contributed by atoms with Gasteiger partial charge in [0.2, 0.25) is 0 Å². The Labute approximate surface area is 101 Å². The summed E-state index contributed by atoms with van der Waals surface area (Å²) < 4.78 is 26.6. The lowest BCUT2D eigenvalue weighted by Crippen LogP contribution is -2.36. The zero-order valence-corrected chi connectivity index (χ0v) is 9.43. The molecule has 18 heavy (non-hydrogen) atoms. The third kappa shape index (κ3) is 2.39. The topological polar surface area (TPSA) is 110 Å². The Morgan fingerprint density at radius 2 is 2.11 bits per heavy atom. The van der Waals surface area contributed by atoms with Gasteiger partial charge >= 0.3 is 0 Å². The van der Waals surface area contributed by atoms with Crippen LogP contribution >= 0.6 is 0 Å². The van der Waals surface area contributed by atoms with E-state index in [9.17, 15) is 24.0 Å². The fourth-order valence-electron chi connectivity index (χ4n) is 1.48. The Morgan fingerprint density at radius 3 is 2.56 bits per heavy atom. The number of phenolic OH excluding ortho intramolecular Hbond substituents is 1. The van der Waals surface area contributed by atoms with Gasteiger partial charge < -0.3 is 15.9 Å². The molecule has 0 aliphatic rings. The van der Waals surface area contributed by atoms with E-state index >= 15 is 0 Å². The zero-order valence-electron chi connectivity index (χ0n) is 9.43. The number of nitrogens with two attached hydrogens (primary N) is 1. The van der Waals surface area contributed by atoms with Gasteiger partial charge in [-0.3, -0.25) is 10.1 Å². The van der Waals surface area contributed by atoms with E-state index in [2.05, 4.69) is 0 Å². The highest BCUT2D eigenvalue weighted by molar-refractivity contribution is 5.55. The number of nitro benzene ring substituents is 1. The van der Waals surface area contributed by atoms with Gasteiger partial charge in [-0.05, 0) is 18.6 Å². The maximum Gasteiger partial charge on any atom is 0.289 e. The molecule has 0 aromatic heterocycles. The molecule has 4 N–H and O–H groups in total. The summed E-state index contributed by atoms with van der Waals surface area (Å²) in [4.78, 5) is 9.82. The molecule has 0 saturated heterocycles. The van der Waals surface area contributed by atoms with Crippen LogP contribution in [0.3, 0.4) is 0 Å². The average Bonchev–Trinajstić information content (AvgIpc) is 2.31. The number of hydrogen-bond acceptors (Lipinski definition) is 5. The molecule has 0 saturated carbocycles. The van der Waals surface area contributed by atoms with E-state index in [1.54, 1.807) is 0 Å². The van der Waals surface area contributed by atoms with Crippen LogP contribution in [0.15, 0.2) is 12.1 Å². The first kappa shape index (κ1) is 14.3. The molecule has 1 aromatic rings. The summed E-state index contributed by atoms with van der Waals surface area (Å²) in [6.45, 7) is -0.176. The second kappa shape index (κ2) is 4.83. The first-order valence-electron chi connectivity index (χ1n) is 4.93. The molecule has 100 valence electrons. The minimum atomic E-state index is -3.77. The molecule has 1 aromatic carbocycles. The van der Waals surface area contributed by atoms with E-state index in [0.717, 1.165) is 6.07 Å². The third-order valence-corrected chi connectivity index (χ3v) is 2.57. The van der Waals surface area contributed by atoms with E-state index in [0.29, 0.717) is 0 Å². The van der Waals surface area contributed by atoms with Crippen molar-refractivity contribution >= 4 is 5.69 Å². The molecule has 0 unspecified atom stereocenters. The van der Waals surface area contributed by atoms with Crippen molar-refractivity contribution < 1.29 is 23.9 Å². The monoisotopic (exact) mass is 262 g/mol. The normalized spacial score (nSPS) is 13.4. The Morgan fingerprint density at radius 1 is 1.56 bits per heavy atom. The number of hydrogen-bond donors (Lipinski definition) is 3. The van der Waals surface area contributed by atoms with Crippen LogP contribution in [0.4, 0.5) is 14.5 Å². The van der Waals surface area contributed by atoms with Gasteiger partial charge in [-0.25, -0.2) is 8.78 Å². The van der Waals surface area contributed by atoms with Crippen molar-refractivity contribution in [2.45, 2.75) is 18.9 Å². The van der Waals surface area contributed by atoms with Crippen LogP contribution in [-0.2, 0) is 0 Å². The molecule has 0 amide bonds. The molecule has 6 nitrogen and oxygen atoms in total. The third-order valence-electron chi connectivity index (χ3n) is 2.57. The highest BCUT2D eigenvalue weighted by Crippen LogP contribution is 2.40. The van der Waals surface area contributed by atoms with Crippen molar-refractivity contribution in [1.29, 1.82) is 0 Å². The Kier molecular flexibility index (Phi) is 3.82. The van der Waals surface area contributed by atoms with Crippen molar-refractivity contribution in [1.82, 2.24) is 0 Å². The van der Waals surface area contributed by atoms with Crippen LogP contribution in [0.1, 0.15) is 17.2 Å². The minimum absolute atomic E-state index is 0.180. The van der Waals surface area contributed by atoms with Crippen LogP contribution in [-0.4, -0.2) is 27.7 Å². The lowest BCUT2D eigenvalue weighted by atomic mass is 9.96. The van der Waals surface area contributed by atoms with E-state index in [1.807, 2.05) is 0 Å². The molecular formula is C10H12F2N2O4. The number of nitrogens with zero attached hydrogens (tertiary/aromatic N) is 1. The zero-order chi connectivity index (χ0) is 14.1. The highest BCUT2D eigenvalue weighted by Gasteiger charge is 2.42. The molecule has 0 heterocycles. The standard InChI is InChI=1S/C10H12F2N2O4/c1-5-2-3-6(14(17)18)7(8(5)16)9(13)10(11,12)4-15/h2-3,9,15-16H,4,13H2,1H3/t9-/m0/s1. The van der Waals surface area contributed by atoms with Gasteiger partial charge in [-0.2, -0.15) is 0 Å². The second-order valence-corrected chi connectivity index (χ2v) is 3.82. The number of aromatic hydroxyl groups is 1. The fraction of sp³-hybridized carbons (Fsp3) is 0.400. The summed E-state index contributed by atoms with van der Waals surface area (Å²) in [5, 5.41) is 28.9. The first-order valence-corrected chi connectivity index (χ1v) is 4.93. The van der Waals surface area contributed by atoms with Crippen LogP contribution in [0, 0.1) is 17.0 Å². The lowest BCUT2D eigenvalue weighted by molar-refractivity contribution is -0.386. The van der Waals surface area contributed by atoms with Gasteiger partial charge in [-0.15, -0.1) is 0 Å². The predicted molar refractivity (Wildman–Crippen MR) is 58.5 cm³/mol. The largest absolute Gasteiger partial charge is 0.507 e. The molecule has 0 radical (unpaired) electrons. The van der Waals surface area contributed by atoms with Gasteiger partial charge in [0, 0.05) is 6.07 Å². The number of aliphatic hydroxyl groups excluding tert-OH is 1. The van der Waals surface area contributed by atoms with Gasteiger partial charge in [-0.1, -0.05) is 0 Å². The second-order valence-electron chi connectivity index (χ2n) is 3.82. The molecule has 1 atom stereocenters. The number of halogens is 2. The molecule has 1 rings (SSSR count). The van der Waals surface area contributed by atoms with Crippen molar-refractivity contribution in [3.05, 3.63) is 33.4 Å². The molecule has 8 heteroatoms. The average molecular weight is 262 g/mol. The Hall–Kier alpha value is -1.80. The summed E-state index contributed by atoms with van der Waals surface area (Å²) in [7, 11) is 0. The molecule has 0 bridgehead atoms. The minimum Gasteiger partial charge on any atom is -0.507 e. The van der Waals surface area contributed by atoms with Gasteiger partial charge in [0.1, 0.15) is 18.4 Å². The fourth-order valence-corrected chi connectivity index (χ4v) is 1.48. The summed E-state index contributed by atoms with van der Waals surface area (Å²) >= 11 is 0. The predicted octanol–water partition coefficient (Wildman–Crippen LogP) is 1.24. The highest BCUT2D eigenvalue weighted by atomic mass is 19.3. The molecule has 0 spiro atoms. The number of alkyl halides is 2. The number of benzene rings is 1. The molecular weight excluding hydrogens is 250 g/mol. The number of aliphatic hydroxyl groups is 1. The van der Waals surface area contributed by atoms with Crippen molar-refractivity contribution in [2.24, 2.45) is 5.73 Å². The summed E-state index contributed by atoms with van der Waals surface area (Å²) in [6.07, 6.45) is 0. The number of aryl methyl sites for hydroxylation is 1. The van der Waals surface area contributed by atoms with Gasteiger partial charge in [0.25, 0.3) is 11.6 Å². The van der Waals surface area contributed by atoms with Crippen LogP contribution in [0.5, 0.6) is 5.75 Å². The summed E-state index contributed by atoms with van der Waals surface area (Å²) in [5.74, 6) is -4.43. The maximum atomic E-state index is 13.3. The maximum absolute atomic E-state index is 13.3. The quantitative estimate of drug-likeness (QED) is 0.558. The summed E-state index contributed by atoms with van der Waals surface area (Å²) in [6, 6.07) is 0.0427. The smallest absolute Gasteiger partial charge is 0.289 e. The van der Waals surface area contributed by atoms with Crippen molar-refractivity contribution in [3.8, 4) is 5.75 Å². The summed E-state index contributed by atoms with van der Waals surface area (Å²) in [5.41, 5.74) is 4.01. The number of rotatable bonds is 4. The SMILES string of the molecule is Cc1ccc([N+](=O)[O-])c([C@H](N)C(F)(F)CO)c1O. The van der Waals surface area contributed by atoms with Crippen molar-refractivity contribution in [3.63, 3.8) is 0 Å². The molecule has 0 aliphatic carbocycles. The molecule has 0 aliphatic heterocycles. The van der Waals surface area contributed by atoms with E-state index < -0.39 is 40.5 Å². The number of nitro groups is 1. The van der Waals surface area contributed by atoms with E-state index in [-0.39, 0.29) is 5.56 Å². The van der Waals surface area contributed by atoms with E-state index in [1.165, 1.54) is 13.0 Å². The van der Waals surface area contributed by atoms with Crippen molar-refractivity contribution in [2.75, 3.05) is 6.61 Å². The van der Waals surface area contributed by atoms with Gasteiger partial charge in [0.15, 0.2) is 0 Å². The first-order chi connectivity index (χ1) is 8.22. The van der Waals surface area contributed by atoms with Crippen LogP contribution < -0.4 is 5.73 Å². The van der Waals surface area contributed by atoms with Gasteiger partial charge in [0.05, 0.1) is 10.5 Å². The number of phenols is 1. The Balaban J connectivity index is 3.46.